The Balaban J connectivity index is 1.99. The van der Waals surface area contributed by atoms with Crippen molar-refractivity contribution in [1.82, 2.24) is 0 Å². The van der Waals surface area contributed by atoms with Crippen LogP contribution >= 0.6 is 0 Å². The highest BCUT2D eigenvalue weighted by Gasteiger charge is 2.30. The van der Waals surface area contributed by atoms with Gasteiger partial charge < -0.3 is 10.2 Å². The minimum atomic E-state index is -0.567. The number of rotatable bonds is 4. The van der Waals surface area contributed by atoms with Gasteiger partial charge in [0.25, 0.3) is 0 Å². The van der Waals surface area contributed by atoms with Crippen molar-refractivity contribution in [3.05, 3.63) is 35.9 Å². The first-order valence-corrected chi connectivity index (χ1v) is 7.11. The van der Waals surface area contributed by atoms with Gasteiger partial charge in [0.05, 0.1) is 12.2 Å². The fourth-order valence-electron chi connectivity index (χ4n) is 3.05. The second-order valence-electron chi connectivity index (χ2n) is 5.60. The summed E-state index contributed by atoms with van der Waals surface area (Å²) >= 11 is 0. The molecule has 0 aliphatic heterocycles. The lowest BCUT2D eigenvalue weighted by molar-refractivity contribution is -0.0207. The third-order valence-corrected chi connectivity index (χ3v) is 4.31. The van der Waals surface area contributed by atoms with Gasteiger partial charge in [-0.3, -0.25) is 0 Å². The van der Waals surface area contributed by atoms with Crippen LogP contribution in [0.2, 0.25) is 0 Å². The minimum absolute atomic E-state index is 0.101. The summed E-state index contributed by atoms with van der Waals surface area (Å²) in [4.78, 5) is 0. The van der Waals surface area contributed by atoms with E-state index in [9.17, 15) is 10.2 Å². The van der Waals surface area contributed by atoms with Gasteiger partial charge in [-0.25, -0.2) is 0 Å². The molecule has 1 aromatic rings. The van der Waals surface area contributed by atoms with Crippen LogP contribution in [-0.4, -0.2) is 16.3 Å². The molecule has 0 unspecified atom stereocenters. The van der Waals surface area contributed by atoms with Crippen molar-refractivity contribution in [1.29, 1.82) is 0 Å². The van der Waals surface area contributed by atoms with Gasteiger partial charge in [0.1, 0.15) is 0 Å². The van der Waals surface area contributed by atoms with E-state index >= 15 is 0 Å². The van der Waals surface area contributed by atoms with E-state index < -0.39 is 6.10 Å². The number of benzene rings is 1. The summed E-state index contributed by atoms with van der Waals surface area (Å²) in [6, 6.07) is 9.65. The highest BCUT2D eigenvalue weighted by Crippen LogP contribution is 2.34. The van der Waals surface area contributed by atoms with Crippen LogP contribution in [0, 0.1) is 11.8 Å². The summed E-state index contributed by atoms with van der Waals surface area (Å²) in [5, 5.41) is 20.7. The molecular formula is C16H24O2. The smallest absolute Gasteiger partial charge is 0.0840 e. The standard InChI is InChI=1S/C16H24O2/c1-12(15(17)13-8-4-2-5-9-13)16(18)14-10-6-3-7-11-14/h2,4-5,8-9,12,14-18H,3,6-7,10-11H2,1H3/t12-,15-,16-/m0/s1. The number of hydrogen-bond donors (Lipinski definition) is 2. The fourth-order valence-corrected chi connectivity index (χ4v) is 3.05. The lowest BCUT2D eigenvalue weighted by atomic mass is 9.78. The molecule has 1 aliphatic rings. The maximum atomic E-state index is 10.4. The summed E-state index contributed by atoms with van der Waals surface area (Å²) in [5.41, 5.74) is 0.903. The molecule has 2 rings (SSSR count). The van der Waals surface area contributed by atoms with E-state index in [4.69, 9.17) is 0 Å². The van der Waals surface area contributed by atoms with Crippen LogP contribution in [0.1, 0.15) is 50.7 Å². The molecule has 2 N–H and O–H groups in total. The summed E-state index contributed by atoms with van der Waals surface area (Å²) in [7, 11) is 0. The van der Waals surface area contributed by atoms with E-state index in [1.54, 1.807) is 0 Å². The van der Waals surface area contributed by atoms with Crippen LogP contribution in [0.25, 0.3) is 0 Å². The van der Waals surface area contributed by atoms with Gasteiger partial charge in [0.15, 0.2) is 0 Å². The Bertz CT molecular complexity index is 343. The topological polar surface area (TPSA) is 40.5 Å². The van der Waals surface area contributed by atoms with Crippen molar-refractivity contribution in [2.45, 2.75) is 51.2 Å². The monoisotopic (exact) mass is 248 g/mol. The first kappa shape index (κ1) is 13.6. The quantitative estimate of drug-likeness (QED) is 0.858. The van der Waals surface area contributed by atoms with Gasteiger partial charge in [-0.15, -0.1) is 0 Å². The van der Waals surface area contributed by atoms with Crippen molar-refractivity contribution in [2.75, 3.05) is 0 Å². The van der Waals surface area contributed by atoms with E-state index in [0.717, 1.165) is 18.4 Å². The van der Waals surface area contributed by atoms with Gasteiger partial charge in [-0.1, -0.05) is 56.5 Å². The molecule has 0 radical (unpaired) electrons. The van der Waals surface area contributed by atoms with Crippen LogP contribution in [0.4, 0.5) is 0 Å². The lowest BCUT2D eigenvalue weighted by Crippen LogP contribution is -2.32. The molecule has 0 saturated heterocycles. The van der Waals surface area contributed by atoms with E-state index in [0.29, 0.717) is 5.92 Å². The van der Waals surface area contributed by atoms with Crippen molar-refractivity contribution in [3.8, 4) is 0 Å². The van der Waals surface area contributed by atoms with Gasteiger partial charge in [-0.05, 0) is 24.3 Å². The molecular weight excluding hydrogens is 224 g/mol. The van der Waals surface area contributed by atoms with Crippen molar-refractivity contribution in [3.63, 3.8) is 0 Å². The van der Waals surface area contributed by atoms with Gasteiger partial charge >= 0.3 is 0 Å². The molecule has 100 valence electrons. The zero-order chi connectivity index (χ0) is 13.0. The first-order valence-electron chi connectivity index (χ1n) is 7.11. The molecule has 1 saturated carbocycles. The third-order valence-electron chi connectivity index (χ3n) is 4.31. The third kappa shape index (κ3) is 3.12. The number of aliphatic hydroxyl groups excluding tert-OH is 2. The van der Waals surface area contributed by atoms with E-state index in [2.05, 4.69) is 0 Å². The molecule has 18 heavy (non-hydrogen) atoms. The van der Waals surface area contributed by atoms with Crippen molar-refractivity contribution < 1.29 is 10.2 Å². The second-order valence-corrected chi connectivity index (χ2v) is 5.60. The summed E-state index contributed by atoms with van der Waals surface area (Å²) in [5.74, 6) is 0.266. The molecule has 3 atom stereocenters. The van der Waals surface area contributed by atoms with Crippen molar-refractivity contribution in [2.24, 2.45) is 11.8 Å². The molecule has 2 heteroatoms. The van der Waals surface area contributed by atoms with E-state index in [1.165, 1.54) is 19.3 Å². The van der Waals surface area contributed by atoms with E-state index in [-0.39, 0.29) is 12.0 Å². The summed E-state index contributed by atoms with van der Waals surface area (Å²) < 4.78 is 0. The van der Waals surface area contributed by atoms with Crippen LogP contribution in [0.5, 0.6) is 0 Å². The van der Waals surface area contributed by atoms with Gasteiger partial charge in [0.2, 0.25) is 0 Å². The Hall–Kier alpha value is -0.860. The first-order chi connectivity index (χ1) is 8.70. The zero-order valence-corrected chi connectivity index (χ0v) is 11.1. The van der Waals surface area contributed by atoms with Crippen molar-refractivity contribution >= 4 is 0 Å². The minimum Gasteiger partial charge on any atom is -0.392 e. The molecule has 0 amide bonds. The molecule has 0 heterocycles. The Morgan fingerprint density at radius 1 is 1.00 bits per heavy atom. The predicted molar refractivity (Wildman–Crippen MR) is 73.1 cm³/mol. The van der Waals surface area contributed by atoms with Crippen LogP contribution in [0.3, 0.4) is 0 Å². The number of hydrogen-bond acceptors (Lipinski definition) is 2. The Kier molecular flexibility index (Phi) is 4.79. The normalized spacial score (nSPS) is 22.4. The molecule has 2 nitrogen and oxygen atoms in total. The van der Waals surface area contributed by atoms with E-state index in [1.807, 2.05) is 37.3 Å². The Morgan fingerprint density at radius 2 is 1.61 bits per heavy atom. The molecule has 1 aromatic carbocycles. The number of aliphatic hydroxyl groups is 2. The average Bonchev–Trinajstić information content (AvgIpc) is 2.47. The largest absolute Gasteiger partial charge is 0.392 e. The van der Waals surface area contributed by atoms with Gasteiger partial charge in [-0.2, -0.15) is 0 Å². The Labute approximate surface area is 110 Å². The highest BCUT2D eigenvalue weighted by molar-refractivity contribution is 5.18. The zero-order valence-electron chi connectivity index (χ0n) is 11.1. The van der Waals surface area contributed by atoms with Gasteiger partial charge in [0, 0.05) is 5.92 Å². The summed E-state index contributed by atoms with van der Waals surface area (Å²) in [6.45, 7) is 1.96. The summed E-state index contributed by atoms with van der Waals surface area (Å²) in [6.07, 6.45) is 4.98. The molecule has 0 aromatic heterocycles. The maximum Gasteiger partial charge on any atom is 0.0840 e. The van der Waals surface area contributed by atoms with Crippen LogP contribution in [0.15, 0.2) is 30.3 Å². The maximum absolute atomic E-state index is 10.4. The molecule has 0 bridgehead atoms. The van der Waals surface area contributed by atoms with Crippen LogP contribution < -0.4 is 0 Å². The average molecular weight is 248 g/mol. The second kappa shape index (κ2) is 6.35. The SMILES string of the molecule is C[C@@H]([C@H](O)c1ccccc1)[C@H](O)C1CCCCC1. The predicted octanol–water partition coefficient (Wildman–Crippen LogP) is 3.30. The molecule has 1 fully saturated rings. The molecule has 1 aliphatic carbocycles. The Morgan fingerprint density at radius 3 is 2.22 bits per heavy atom. The molecule has 0 spiro atoms. The highest BCUT2D eigenvalue weighted by atomic mass is 16.3. The lowest BCUT2D eigenvalue weighted by Gasteiger charge is -2.33. The fraction of sp³-hybridized carbons (Fsp3) is 0.625. The van der Waals surface area contributed by atoms with Crippen LogP contribution in [-0.2, 0) is 0 Å².